The minimum Gasteiger partial charge on any atom is -0.369 e. The maximum atomic E-state index is 11.7. The molecule has 0 aromatic rings. The van der Waals surface area contributed by atoms with Crippen LogP contribution in [-0.2, 0) is 4.79 Å². The quantitative estimate of drug-likeness (QED) is 0.811. The van der Waals surface area contributed by atoms with Gasteiger partial charge in [0.2, 0.25) is 5.91 Å². The Labute approximate surface area is 110 Å². The van der Waals surface area contributed by atoms with Crippen molar-refractivity contribution in [1.82, 2.24) is 4.90 Å². The highest BCUT2D eigenvalue weighted by atomic mass is 16.1. The van der Waals surface area contributed by atoms with E-state index in [1.807, 2.05) is 24.3 Å². The molecule has 100 valence electrons. The molecule has 1 saturated heterocycles. The zero-order valence-corrected chi connectivity index (χ0v) is 11.1. The normalized spacial score (nSPS) is 28.4. The van der Waals surface area contributed by atoms with Gasteiger partial charge in [-0.1, -0.05) is 30.7 Å². The molecule has 1 aliphatic carbocycles. The number of rotatable bonds is 5. The summed E-state index contributed by atoms with van der Waals surface area (Å²) in [7, 11) is 0. The standard InChI is InChI=1S/C15H24N2O/c16-14(18)15(8-3-1-4-9-15)10-7-13-17-11-5-2-6-12-17/h1,3-4,8H,2,5-7,9-13H2,(H2,16,18). The van der Waals surface area contributed by atoms with E-state index in [2.05, 4.69) is 4.90 Å². The van der Waals surface area contributed by atoms with Crippen molar-refractivity contribution < 1.29 is 4.79 Å². The van der Waals surface area contributed by atoms with E-state index in [4.69, 9.17) is 5.73 Å². The van der Waals surface area contributed by atoms with Gasteiger partial charge in [0.15, 0.2) is 0 Å². The minimum atomic E-state index is -0.426. The van der Waals surface area contributed by atoms with E-state index in [9.17, 15) is 4.79 Å². The summed E-state index contributed by atoms with van der Waals surface area (Å²) in [6.45, 7) is 3.55. The highest BCUT2D eigenvalue weighted by molar-refractivity contribution is 5.83. The molecule has 3 nitrogen and oxygen atoms in total. The third kappa shape index (κ3) is 3.22. The van der Waals surface area contributed by atoms with Crippen LogP contribution in [0, 0.1) is 5.41 Å². The second-order valence-electron chi connectivity index (χ2n) is 5.52. The number of carbonyl (C=O) groups excluding carboxylic acids is 1. The lowest BCUT2D eigenvalue weighted by molar-refractivity contribution is -0.125. The molecule has 0 bridgehead atoms. The summed E-state index contributed by atoms with van der Waals surface area (Å²) in [5.74, 6) is -0.179. The first kappa shape index (κ1) is 13.3. The van der Waals surface area contributed by atoms with Crippen LogP contribution in [0.4, 0.5) is 0 Å². The molecule has 1 atom stereocenters. The molecule has 0 saturated carbocycles. The Hall–Kier alpha value is -1.09. The summed E-state index contributed by atoms with van der Waals surface area (Å²) in [5, 5.41) is 0. The van der Waals surface area contributed by atoms with Crippen molar-refractivity contribution in [2.24, 2.45) is 11.1 Å². The lowest BCUT2D eigenvalue weighted by Crippen LogP contribution is -2.37. The number of hydrogen-bond donors (Lipinski definition) is 1. The Kier molecular flexibility index (Phi) is 4.59. The van der Waals surface area contributed by atoms with Crippen molar-refractivity contribution in [3.05, 3.63) is 24.3 Å². The number of allylic oxidation sites excluding steroid dienone is 3. The molecule has 1 heterocycles. The molecular weight excluding hydrogens is 224 g/mol. The SMILES string of the molecule is NC(=O)C1(CCCN2CCCCC2)C=CC=CC1. The van der Waals surface area contributed by atoms with Gasteiger partial charge in [-0.15, -0.1) is 0 Å². The van der Waals surface area contributed by atoms with Crippen molar-refractivity contribution in [2.75, 3.05) is 19.6 Å². The molecule has 2 N–H and O–H groups in total. The van der Waals surface area contributed by atoms with Crippen LogP contribution in [0.25, 0.3) is 0 Å². The second kappa shape index (κ2) is 6.19. The number of carbonyl (C=O) groups is 1. The summed E-state index contributed by atoms with van der Waals surface area (Å²) >= 11 is 0. The van der Waals surface area contributed by atoms with Gasteiger partial charge in [0.25, 0.3) is 0 Å². The average Bonchev–Trinajstić information content (AvgIpc) is 2.41. The Morgan fingerprint density at radius 1 is 1.22 bits per heavy atom. The van der Waals surface area contributed by atoms with Crippen molar-refractivity contribution in [2.45, 2.75) is 38.5 Å². The van der Waals surface area contributed by atoms with Gasteiger partial charge in [-0.2, -0.15) is 0 Å². The van der Waals surface area contributed by atoms with Crippen LogP contribution in [0.3, 0.4) is 0 Å². The first-order valence-electron chi connectivity index (χ1n) is 7.10. The van der Waals surface area contributed by atoms with Gasteiger partial charge in [-0.05, 0) is 51.7 Å². The van der Waals surface area contributed by atoms with Gasteiger partial charge in [0, 0.05) is 0 Å². The highest BCUT2D eigenvalue weighted by Gasteiger charge is 2.33. The molecule has 2 rings (SSSR count). The highest BCUT2D eigenvalue weighted by Crippen LogP contribution is 2.33. The van der Waals surface area contributed by atoms with Gasteiger partial charge < -0.3 is 10.6 Å². The van der Waals surface area contributed by atoms with E-state index in [0.29, 0.717) is 0 Å². The first-order chi connectivity index (χ1) is 8.73. The molecule has 1 fully saturated rings. The Bertz CT molecular complexity index is 342. The largest absolute Gasteiger partial charge is 0.369 e. The molecule has 1 unspecified atom stereocenters. The number of primary amides is 1. The molecule has 0 aromatic heterocycles. The molecule has 2 aliphatic rings. The smallest absolute Gasteiger partial charge is 0.227 e. The van der Waals surface area contributed by atoms with E-state index in [0.717, 1.165) is 25.8 Å². The molecule has 0 spiro atoms. The number of piperidine rings is 1. The fourth-order valence-electron chi connectivity index (χ4n) is 2.96. The number of nitrogens with zero attached hydrogens (tertiary/aromatic N) is 1. The lowest BCUT2D eigenvalue weighted by atomic mass is 9.77. The maximum absolute atomic E-state index is 11.7. The first-order valence-corrected chi connectivity index (χ1v) is 7.10. The van der Waals surface area contributed by atoms with E-state index < -0.39 is 5.41 Å². The van der Waals surface area contributed by atoms with Crippen LogP contribution in [0.5, 0.6) is 0 Å². The van der Waals surface area contributed by atoms with Gasteiger partial charge in [0.05, 0.1) is 5.41 Å². The van der Waals surface area contributed by atoms with E-state index in [1.165, 1.54) is 32.4 Å². The minimum absolute atomic E-state index is 0.179. The molecule has 0 radical (unpaired) electrons. The fourth-order valence-corrected chi connectivity index (χ4v) is 2.96. The summed E-state index contributed by atoms with van der Waals surface area (Å²) in [4.78, 5) is 14.2. The van der Waals surface area contributed by atoms with Crippen LogP contribution in [-0.4, -0.2) is 30.4 Å². The maximum Gasteiger partial charge on any atom is 0.227 e. The van der Waals surface area contributed by atoms with Crippen LogP contribution >= 0.6 is 0 Å². The molecule has 1 aliphatic heterocycles. The zero-order chi connectivity index (χ0) is 12.8. The van der Waals surface area contributed by atoms with Crippen molar-refractivity contribution in [3.63, 3.8) is 0 Å². The van der Waals surface area contributed by atoms with E-state index >= 15 is 0 Å². The number of nitrogens with two attached hydrogens (primary N) is 1. The molecule has 3 heteroatoms. The molecule has 18 heavy (non-hydrogen) atoms. The summed E-state index contributed by atoms with van der Waals surface area (Å²) in [5.41, 5.74) is 5.16. The van der Waals surface area contributed by atoms with Crippen molar-refractivity contribution in [3.8, 4) is 0 Å². The van der Waals surface area contributed by atoms with Gasteiger partial charge in [0.1, 0.15) is 0 Å². The van der Waals surface area contributed by atoms with Gasteiger partial charge in [-0.25, -0.2) is 0 Å². The van der Waals surface area contributed by atoms with E-state index in [-0.39, 0.29) is 5.91 Å². The third-order valence-corrected chi connectivity index (χ3v) is 4.18. The Morgan fingerprint density at radius 2 is 2.00 bits per heavy atom. The van der Waals surface area contributed by atoms with Gasteiger partial charge in [-0.3, -0.25) is 4.79 Å². The number of likely N-dealkylation sites (tertiary alicyclic amines) is 1. The Morgan fingerprint density at radius 3 is 2.61 bits per heavy atom. The Balaban J connectivity index is 1.81. The van der Waals surface area contributed by atoms with Crippen LogP contribution in [0.15, 0.2) is 24.3 Å². The number of hydrogen-bond acceptors (Lipinski definition) is 2. The predicted octanol–water partition coefficient (Wildman–Crippen LogP) is 2.24. The molecule has 1 amide bonds. The van der Waals surface area contributed by atoms with E-state index in [1.54, 1.807) is 0 Å². The predicted molar refractivity (Wildman–Crippen MR) is 74.0 cm³/mol. The number of amides is 1. The second-order valence-corrected chi connectivity index (χ2v) is 5.52. The van der Waals surface area contributed by atoms with Crippen molar-refractivity contribution in [1.29, 1.82) is 0 Å². The molecule has 0 aromatic carbocycles. The van der Waals surface area contributed by atoms with Gasteiger partial charge >= 0.3 is 0 Å². The van der Waals surface area contributed by atoms with Crippen LogP contribution in [0.1, 0.15) is 38.5 Å². The average molecular weight is 248 g/mol. The third-order valence-electron chi connectivity index (χ3n) is 4.18. The summed E-state index contributed by atoms with van der Waals surface area (Å²) < 4.78 is 0. The summed E-state index contributed by atoms with van der Waals surface area (Å²) in [6, 6.07) is 0. The zero-order valence-electron chi connectivity index (χ0n) is 11.1. The monoisotopic (exact) mass is 248 g/mol. The fraction of sp³-hybridized carbons (Fsp3) is 0.667. The van der Waals surface area contributed by atoms with Crippen LogP contribution in [0.2, 0.25) is 0 Å². The topological polar surface area (TPSA) is 46.3 Å². The summed E-state index contributed by atoms with van der Waals surface area (Å²) in [6.07, 6.45) is 14.7. The van der Waals surface area contributed by atoms with Crippen molar-refractivity contribution >= 4 is 5.91 Å². The molecular formula is C15H24N2O. The van der Waals surface area contributed by atoms with Crippen LogP contribution < -0.4 is 5.73 Å². The lowest BCUT2D eigenvalue weighted by Gasteiger charge is -2.30.